The van der Waals surface area contributed by atoms with Crippen LogP contribution in [0, 0.1) is 0 Å². The number of amides is 1. The second kappa shape index (κ2) is 6.45. The van der Waals surface area contributed by atoms with Crippen molar-refractivity contribution in [3.63, 3.8) is 0 Å². The number of anilines is 1. The van der Waals surface area contributed by atoms with E-state index in [9.17, 15) is 4.79 Å². The molecule has 1 saturated carbocycles. The van der Waals surface area contributed by atoms with Crippen LogP contribution in [0.1, 0.15) is 36.0 Å². The number of carbonyl (C=O) groups excluding carboxylic acids is 1. The molecule has 1 aromatic carbocycles. The number of piperazine rings is 1. The zero-order chi connectivity index (χ0) is 14.7. The highest BCUT2D eigenvalue weighted by molar-refractivity contribution is 5.94. The number of nitrogens with zero attached hydrogens (tertiary/aromatic N) is 2. The molecule has 0 unspecified atom stereocenters. The highest BCUT2D eigenvalue weighted by Gasteiger charge is 2.28. The molecule has 0 bridgehead atoms. The van der Waals surface area contributed by atoms with Crippen LogP contribution in [0.3, 0.4) is 0 Å². The zero-order valence-electron chi connectivity index (χ0n) is 12.4. The minimum absolute atomic E-state index is 0.129. The smallest absolute Gasteiger partial charge is 0.253 e. The standard InChI is InChI=1S/C16H24N4O/c17-18-14-7-5-13(6-8-14)16(21)20-11-9-19(10-12-20)15-3-1-2-4-15/h5-8,15,18H,1-4,9-12,17H2. The summed E-state index contributed by atoms with van der Waals surface area (Å²) in [6, 6.07) is 8.10. The van der Waals surface area contributed by atoms with Gasteiger partial charge in [0.05, 0.1) is 0 Å². The van der Waals surface area contributed by atoms with Crippen molar-refractivity contribution < 1.29 is 4.79 Å². The summed E-state index contributed by atoms with van der Waals surface area (Å²) in [6.07, 6.45) is 5.40. The summed E-state index contributed by atoms with van der Waals surface area (Å²) in [5.41, 5.74) is 4.13. The van der Waals surface area contributed by atoms with Crippen LogP contribution >= 0.6 is 0 Å². The van der Waals surface area contributed by atoms with Crippen LogP contribution in [-0.2, 0) is 0 Å². The Kier molecular flexibility index (Phi) is 4.41. The molecule has 3 N–H and O–H groups in total. The number of nitrogens with two attached hydrogens (primary N) is 1. The van der Waals surface area contributed by atoms with E-state index in [4.69, 9.17) is 5.84 Å². The SMILES string of the molecule is NNc1ccc(C(=O)N2CCN(C3CCCC3)CC2)cc1. The molecule has 1 aliphatic heterocycles. The first-order valence-electron chi connectivity index (χ1n) is 7.88. The van der Waals surface area contributed by atoms with Crippen molar-refractivity contribution in [3.8, 4) is 0 Å². The first-order chi connectivity index (χ1) is 10.3. The van der Waals surface area contributed by atoms with Crippen LogP contribution in [0.25, 0.3) is 0 Å². The van der Waals surface area contributed by atoms with Gasteiger partial charge in [-0.05, 0) is 37.1 Å². The molecule has 1 saturated heterocycles. The van der Waals surface area contributed by atoms with E-state index in [-0.39, 0.29) is 5.91 Å². The van der Waals surface area contributed by atoms with Gasteiger partial charge < -0.3 is 10.3 Å². The van der Waals surface area contributed by atoms with Gasteiger partial charge in [0.15, 0.2) is 0 Å². The summed E-state index contributed by atoms with van der Waals surface area (Å²) in [7, 11) is 0. The highest BCUT2D eigenvalue weighted by Crippen LogP contribution is 2.24. The largest absolute Gasteiger partial charge is 0.336 e. The van der Waals surface area contributed by atoms with E-state index in [1.165, 1.54) is 25.7 Å². The lowest BCUT2D eigenvalue weighted by atomic mass is 10.1. The average molecular weight is 288 g/mol. The average Bonchev–Trinajstić information content (AvgIpc) is 3.09. The van der Waals surface area contributed by atoms with Gasteiger partial charge in [-0.3, -0.25) is 15.5 Å². The van der Waals surface area contributed by atoms with Crippen molar-refractivity contribution in [2.75, 3.05) is 31.6 Å². The molecule has 1 heterocycles. The van der Waals surface area contributed by atoms with E-state index in [1.807, 2.05) is 29.2 Å². The van der Waals surface area contributed by atoms with E-state index < -0.39 is 0 Å². The third-order valence-corrected chi connectivity index (χ3v) is 4.74. The molecule has 2 fully saturated rings. The van der Waals surface area contributed by atoms with Crippen LogP contribution in [-0.4, -0.2) is 47.9 Å². The second-order valence-corrected chi connectivity index (χ2v) is 5.99. The molecule has 0 radical (unpaired) electrons. The Bertz CT molecular complexity index is 474. The monoisotopic (exact) mass is 288 g/mol. The molecule has 0 atom stereocenters. The maximum Gasteiger partial charge on any atom is 0.253 e. The molecular weight excluding hydrogens is 264 g/mol. The van der Waals surface area contributed by atoms with E-state index in [1.54, 1.807) is 0 Å². The maximum atomic E-state index is 12.5. The van der Waals surface area contributed by atoms with Gasteiger partial charge in [0, 0.05) is 43.5 Å². The Balaban J connectivity index is 1.56. The molecule has 3 rings (SSSR count). The van der Waals surface area contributed by atoms with Gasteiger partial charge in [-0.25, -0.2) is 0 Å². The van der Waals surface area contributed by atoms with Crippen molar-refractivity contribution in [3.05, 3.63) is 29.8 Å². The Hall–Kier alpha value is -1.59. The molecule has 21 heavy (non-hydrogen) atoms. The minimum atomic E-state index is 0.129. The van der Waals surface area contributed by atoms with Gasteiger partial charge in [-0.15, -0.1) is 0 Å². The van der Waals surface area contributed by atoms with E-state index in [2.05, 4.69) is 10.3 Å². The number of nitrogen functional groups attached to an aromatic ring is 1. The van der Waals surface area contributed by atoms with Crippen molar-refractivity contribution in [2.45, 2.75) is 31.7 Å². The van der Waals surface area contributed by atoms with Crippen LogP contribution in [0.5, 0.6) is 0 Å². The van der Waals surface area contributed by atoms with Crippen LogP contribution in [0.2, 0.25) is 0 Å². The van der Waals surface area contributed by atoms with E-state index in [0.29, 0.717) is 0 Å². The number of rotatable bonds is 3. The zero-order valence-corrected chi connectivity index (χ0v) is 12.4. The number of hydrazine groups is 1. The summed E-state index contributed by atoms with van der Waals surface area (Å²) in [4.78, 5) is 17.0. The van der Waals surface area contributed by atoms with Gasteiger partial charge in [0.1, 0.15) is 0 Å². The Morgan fingerprint density at radius 1 is 1.05 bits per heavy atom. The van der Waals surface area contributed by atoms with Gasteiger partial charge in [-0.1, -0.05) is 12.8 Å². The van der Waals surface area contributed by atoms with Gasteiger partial charge in [-0.2, -0.15) is 0 Å². The molecule has 1 amide bonds. The lowest BCUT2D eigenvalue weighted by Gasteiger charge is -2.38. The van der Waals surface area contributed by atoms with Gasteiger partial charge in [0.2, 0.25) is 0 Å². The molecular formula is C16H24N4O. The molecule has 0 spiro atoms. The Morgan fingerprint density at radius 3 is 2.24 bits per heavy atom. The summed E-state index contributed by atoms with van der Waals surface area (Å²) < 4.78 is 0. The molecule has 114 valence electrons. The van der Waals surface area contributed by atoms with Crippen LogP contribution < -0.4 is 11.3 Å². The fourth-order valence-corrected chi connectivity index (χ4v) is 3.45. The van der Waals surface area contributed by atoms with Crippen LogP contribution in [0.4, 0.5) is 5.69 Å². The lowest BCUT2D eigenvalue weighted by Crippen LogP contribution is -2.51. The topological polar surface area (TPSA) is 61.6 Å². The highest BCUT2D eigenvalue weighted by atomic mass is 16.2. The first-order valence-corrected chi connectivity index (χ1v) is 7.88. The second-order valence-electron chi connectivity index (χ2n) is 5.99. The van der Waals surface area contributed by atoms with Gasteiger partial charge >= 0.3 is 0 Å². The number of nitrogens with one attached hydrogen (secondary N) is 1. The number of hydrogen-bond donors (Lipinski definition) is 2. The number of benzene rings is 1. The molecule has 1 aliphatic carbocycles. The van der Waals surface area contributed by atoms with Crippen molar-refractivity contribution in [1.29, 1.82) is 0 Å². The summed E-state index contributed by atoms with van der Waals surface area (Å²) in [5.74, 6) is 5.47. The fourth-order valence-electron chi connectivity index (χ4n) is 3.45. The van der Waals surface area contributed by atoms with Crippen molar-refractivity contribution >= 4 is 11.6 Å². The fraction of sp³-hybridized carbons (Fsp3) is 0.562. The molecule has 2 aliphatic rings. The maximum absolute atomic E-state index is 12.5. The van der Waals surface area contributed by atoms with Crippen molar-refractivity contribution in [2.24, 2.45) is 5.84 Å². The van der Waals surface area contributed by atoms with Crippen molar-refractivity contribution in [1.82, 2.24) is 9.80 Å². The quantitative estimate of drug-likeness (QED) is 0.656. The molecule has 5 nitrogen and oxygen atoms in total. The third kappa shape index (κ3) is 3.19. The molecule has 0 aromatic heterocycles. The normalized spacial score (nSPS) is 20.7. The van der Waals surface area contributed by atoms with Gasteiger partial charge in [0.25, 0.3) is 5.91 Å². The predicted molar refractivity (Wildman–Crippen MR) is 84.0 cm³/mol. The predicted octanol–water partition coefficient (Wildman–Crippen LogP) is 1.67. The number of carbonyl (C=O) groups is 1. The lowest BCUT2D eigenvalue weighted by molar-refractivity contribution is 0.0573. The molecule has 1 aromatic rings. The minimum Gasteiger partial charge on any atom is -0.336 e. The third-order valence-electron chi connectivity index (χ3n) is 4.74. The summed E-state index contributed by atoms with van der Waals surface area (Å²) in [5, 5.41) is 0. The number of hydrogen-bond acceptors (Lipinski definition) is 4. The summed E-state index contributed by atoms with van der Waals surface area (Å²) in [6.45, 7) is 3.70. The first kappa shape index (κ1) is 14.4. The van der Waals surface area contributed by atoms with E-state index in [0.717, 1.165) is 43.5 Å². The summed E-state index contributed by atoms with van der Waals surface area (Å²) >= 11 is 0. The Labute approximate surface area is 126 Å². The van der Waals surface area contributed by atoms with Crippen LogP contribution in [0.15, 0.2) is 24.3 Å². The molecule has 5 heteroatoms. The van der Waals surface area contributed by atoms with E-state index >= 15 is 0 Å². The Morgan fingerprint density at radius 2 is 1.67 bits per heavy atom.